The molecule has 88 valence electrons. The first-order valence-electron chi connectivity index (χ1n) is 6.18. The third-order valence-corrected chi connectivity index (χ3v) is 3.64. The third kappa shape index (κ3) is 1.82. The first-order chi connectivity index (χ1) is 8.29. The second-order valence-corrected chi connectivity index (χ2v) is 4.78. The van der Waals surface area contributed by atoms with Gasteiger partial charge in [-0.25, -0.2) is 0 Å². The second kappa shape index (κ2) is 3.91. The summed E-state index contributed by atoms with van der Waals surface area (Å²) in [4.78, 5) is 4.13. The molecule has 2 unspecified atom stereocenters. The molecule has 3 heteroatoms. The zero-order valence-electron chi connectivity index (χ0n) is 9.98. The molecule has 0 amide bonds. The van der Waals surface area contributed by atoms with E-state index >= 15 is 0 Å². The van der Waals surface area contributed by atoms with E-state index < -0.39 is 0 Å². The van der Waals surface area contributed by atoms with Crippen molar-refractivity contribution in [1.29, 1.82) is 0 Å². The molecule has 0 radical (unpaired) electrons. The molecule has 1 saturated carbocycles. The van der Waals surface area contributed by atoms with Crippen molar-refractivity contribution in [3.05, 3.63) is 30.6 Å². The standard InChI is InChI=1S/C14H17N3/c1-2-9-7-14(9)17-13-4-3-12(15)11-8-16-6-5-10(11)13/h3-6,8-9,14,17H,2,7,15H2,1H3. The maximum Gasteiger partial charge on any atom is 0.0424 e. The molecule has 17 heavy (non-hydrogen) atoms. The number of aromatic nitrogens is 1. The van der Waals surface area contributed by atoms with Gasteiger partial charge in [-0.3, -0.25) is 4.98 Å². The Morgan fingerprint density at radius 1 is 1.35 bits per heavy atom. The number of fused-ring (bicyclic) bond motifs is 1. The van der Waals surface area contributed by atoms with E-state index in [9.17, 15) is 0 Å². The zero-order chi connectivity index (χ0) is 11.8. The Balaban J connectivity index is 1.97. The van der Waals surface area contributed by atoms with Gasteiger partial charge in [-0.1, -0.05) is 13.3 Å². The smallest absolute Gasteiger partial charge is 0.0424 e. The number of nitrogens with one attached hydrogen (secondary N) is 1. The van der Waals surface area contributed by atoms with E-state index in [-0.39, 0.29) is 0 Å². The van der Waals surface area contributed by atoms with Crippen LogP contribution in [-0.2, 0) is 0 Å². The molecule has 1 aliphatic rings. The van der Waals surface area contributed by atoms with Crippen molar-refractivity contribution >= 4 is 22.1 Å². The first kappa shape index (κ1) is 10.4. The van der Waals surface area contributed by atoms with E-state index in [1.807, 2.05) is 24.5 Å². The number of rotatable bonds is 3. The highest BCUT2D eigenvalue weighted by Crippen LogP contribution is 2.38. The Hall–Kier alpha value is -1.77. The van der Waals surface area contributed by atoms with E-state index in [0.29, 0.717) is 6.04 Å². The Kier molecular flexibility index (Phi) is 2.39. The summed E-state index contributed by atoms with van der Waals surface area (Å²) in [5.41, 5.74) is 7.93. The van der Waals surface area contributed by atoms with E-state index in [1.165, 1.54) is 23.9 Å². The predicted molar refractivity (Wildman–Crippen MR) is 72.0 cm³/mol. The summed E-state index contributed by atoms with van der Waals surface area (Å²) in [6.45, 7) is 2.25. The highest BCUT2D eigenvalue weighted by Gasteiger charge is 2.35. The number of pyridine rings is 1. The van der Waals surface area contributed by atoms with Crippen molar-refractivity contribution in [3.63, 3.8) is 0 Å². The fourth-order valence-electron chi connectivity index (χ4n) is 2.41. The minimum Gasteiger partial charge on any atom is -0.398 e. The normalized spacial score (nSPS) is 22.6. The third-order valence-electron chi connectivity index (χ3n) is 3.64. The van der Waals surface area contributed by atoms with E-state index in [0.717, 1.165) is 17.0 Å². The van der Waals surface area contributed by atoms with Gasteiger partial charge < -0.3 is 11.1 Å². The molecule has 1 fully saturated rings. The van der Waals surface area contributed by atoms with Crippen LogP contribution >= 0.6 is 0 Å². The number of benzene rings is 1. The molecule has 1 aromatic carbocycles. The molecule has 3 nitrogen and oxygen atoms in total. The fraction of sp³-hybridized carbons (Fsp3) is 0.357. The molecule has 0 aliphatic heterocycles. The maximum atomic E-state index is 5.96. The topological polar surface area (TPSA) is 50.9 Å². The molecule has 2 atom stereocenters. The summed E-state index contributed by atoms with van der Waals surface area (Å²) in [7, 11) is 0. The number of hydrogen-bond donors (Lipinski definition) is 2. The highest BCUT2D eigenvalue weighted by atomic mass is 15.0. The van der Waals surface area contributed by atoms with Gasteiger partial charge in [0.1, 0.15) is 0 Å². The highest BCUT2D eigenvalue weighted by molar-refractivity contribution is 6.00. The monoisotopic (exact) mass is 227 g/mol. The molecule has 1 aromatic heterocycles. The Morgan fingerprint density at radius 2 is 2.24 bits per heavy atom. The number of nitrogens with zero attached hydrogens (tertiary/aromatic N) is 1. The van der Waals surface area contributed by atoms with Gasteiger partial charge in [0.05, 0.1) is 0 Å². The molecule has 1 heterocycles. The molecular formula is C14H17N3. The average Bonchev–Trinajstić information content (AvgIpc) is 3.12. The average molecular weight is 227 g/mol. The number of anilines is 2. The van der Waals surface area contributed by atoms with Crippen LogP contribution in [-0.4, -0.2) is 11.0 Å². The van der Waals surface area contributed by atoms with Crippen LogP contribution in [0.1, 0.15) is 19.8 Å². The van der Waals surface area contributed by atoms with Crippen molar-refractivity contribution in [2.24, 2.45) is 5.92 Å². The van der Waals surface area contributed by atoms with Crippen molar-refractivity contribution in [2.75, 3.05) is 11.1 Å². The fourth-order valence-corrected chi connectivity index (χ4v) is 2.41. The lowest BCUT2D eigenvalue weighted by Gasteiger charge is -2.10. The summed E-state index contributed by atoms with van der Waals surface area (Å²) in [5, 5.41) is 5.81. The number of nitrogens with two attached hydrogens (primary N) is 1. The van der Waals surface area contributed by atoms with Crippen molar-refractivity contribution in [1.82, 2.24) is 4.98 Å². The predicted octanol–water partition coefficient (Wildman–Crippen LogP) is 3.03. The maximum absolute atomic E-state index is 5.96. The van der Waals surface area contributed by atoms with Gasteiger partial charge in [0.2, 0.25) is 0 Å². The van der Waals surface area contributed by atoms with Gasteiger partial charge >= 0.3 is 0 Å². The van der Waals surface area contributed by atoms with Gasteiger partial charge in [0, 0.05) is 40.6 Å². The van der Waals surface area contributed by atoms with Crippen LogP contribution in [0.3, 0.4) is 0 Å². The molecular weight excluding hydrogens is 210 g/mol. The molecule has 2 aromatic rings. The second-order valence-electron chi connectivity index (χ2n) is 4.78. The lowest BCUT2D eigenvalue weighted by Crippen LogP contribution is -2.05. The Bertz CT molecular complexity index is 550. The van der Waals surface area contributed by atoms with Gasteiger partial charge in [-0.2, -0.15) is 0 Å². The van der Waals surface area contributed by atoms with Crippen LogP contribution in [0, 0.1) is 5.92 Å². The van der Waals surface area contributed by atoms with E-state index in [4.69, 9.17) is 5.73 Å². The summed E-state index contributed by atoms with van der Waals surface area (Å²) in [6.07, 6.45) is 6.19. The lowest BCUT2D eigenvalue weighted by atomic mass is 10.1. The summed E-state index contributed by atoms with van der Waals surface area (Å²) in [6, 6.07) is 6.69. The van der Waals surface area contributed by atoms with Crippen molar-refractivity contribution in [2.45, 2.75) is 25.8 Å². The van der Waals surface area contributed by atoms with Gasteiger partial charge in [-0.05, 0) is 30.5 Å². The van der Waals surface area contributed by atoms with E-state index in [2.05, 4.69) is 23.3 Å². The van der Waals surface area contributed by atoms with Gasteiger partial charge in [0.15, 0.2) is 0 Å². The van der Waals surface area contributed by atoms with Gasteiger partial charge in [0.25, 0.3) is 0 Å². The minimum absolute atomic E-state index is 0.639. The summed E-state index contributed by atoms with van der Waals surface area (Å²) >= 11 is 0. The van der Waals surface area contributed by atoms with Crippen LogP contribution in [0.25, 0.3) is 10.8 Å². The zero-order valence-corrected chi connectivity index (χ0v) is 9.98. The van der Waals surface area contributed by atoms with E-state index in [1.54, 1.807) is 0 Å². The summed E-state index contributed by atoms with van der Waals surface area (Å²) < 4.78 is 0. The molecule has 3 rings (SSSR count). The van der Waals surface area contributed by atoms with Crippen LogP contribution in [0.4, 0.5) is 11.4 Å². The molecule has 0 saturated heterocycles. The SMILES string of the molecule is CCC1CC1Nc1ccc(N)c2cnccc12. The van der Waals surface area contributed by atoms with Gasteiger partial charge in [-0.15, -0.1) is 0 Å². The van der Waals surface area contributed by atoms with Crippen LogP contribution in [0.5, 0.6) is 0 Å². The molecule has 0 spiro atoms. The van der Waals surface area contributed by atoms with Crippen LogP contribution in [0.2, 0.25) is 0 Å². The largest absolute Gasteiger partial charge is 0.398 e. The number of hydrogen-bond acceptors (Lipinski definition) is 3. The lowest BCUT2D eigenvalue weighted by molar-refractivity contribution is 0.775. The number of nitrogen functional groups attached to an aromatic ring is 1. The molecule has 3 N–H and O–H groups in total. The molecule has 1 aliphatic carbocycles. The first-order valence-corrected chi connectivity index (χ1v) is 6.18. The molecule has 0 bridgehead atoms. The van der Waals surface area contributed by atoms with Crippen LogP contribution in [0.15, 0.2) is 30.6 Å². The minimum atomic E-state index is 0.639. The Labute approximate surface area is 101 Å². The van der Waals surface area contributed by atoms with Crippen molar-refractivity contribution in [3.8, 4) is 0 Å². The van der Waals surface area contributed by atoms with Crippen molar-refractivity contribution < 1.29 is 0 Å². The quantitative estimate of drug-likeness (QED) is 0.792. The van der Waals surface area contributed by atoms with Crippen LogP contribution < -0.4 is 11.1 Å². The Morgan fingerprint density at radius 3 is 3.00 bits per heavy atom. The summed E-state index contributed by atoms with van der Waals surface area (Å²) in [5.74, 6) is 0.837.